The van der Waals surface area contributed by atoms with Crippen LogP contribution >= 0.6 is 0 Å². The lowest BCUT2D eigenvalue weighted by molar-refractivity contribution is -0.141. The number of aliphatic carboxylic acids is 1. The van der Waals surface area contributed by atoms with Crippen LogP contribution < -0.4 is 5.32 Å². The maximum Gasteiger partial charge on any atom is 0.326 e. The van der Waals surface area contributed by atoms with Gasteiger partial charge in [0.05, 0.1) is 18.3 Å². The molecule has 0 bridgehead atoms. The monoisotopic (exact) mass is 280 g/mol. The van der Waals surface area contributed by atoms with Crippen LogP contribution in [0.4, 0.5) is 4.79 Å². The van der Waals surface area contributed by atoms with E-state index in [0.29, 0.717) is 12.1 Å². The second kappa shape index (κ2) is 6.29. The summed E-state index contributed by atoms with van der Waals surface area (Å²) in [6, 6.07) is 0.387. The van der Waals surface area contributed by atoms with Crippen molar-refractivity contribution in [3.63, 3.8) is 0 Å². The van der Waals surface area contributed by atoms with Crippen molar-refractivity contribution in [3.8, 4) is 0 Å². The SMILES string of the molecule is COC1CC(C(=O)O)N(C(=O)NCc2ccncn2)C1. The molecule has 1 aromatic rings. The maximum atomic E-state index is 12.0. The molecule has 0 spiro atoms. The molecular formula is C12H16N4O4. The molecule has 108 valence electrons. The Kier molecular flexibility index (Phi) is 4.46. The first-order valence-corrected chi connectivity index (χ1v) is 6.16. The summed E-state index contributed by atoms with van der Waals surface area (Å²) in [5.74, 6) is -1.03. The van der Waals surface area contributed by atoms with Crippen molar-refractivity contribution in [3.05, 3.63) is 24.3 Å². The molecule has 1 saturated heterocycles. The molecule has 1 aromatic heterocycles. The molecular weight excluding hydrogens is 264 g/mol. The van der Waals surface area contributed by atoms with Gasteiger partial charge < -0.3 is 20.1 Å². The zero-order valence-electron chi connectivity index (χ0n) is 11.0. The molecule has 1 aliphatic heterocycles. The zero-order valence-corrected chi connectivity index (χ0v) is 11.0. The molecule has 8 nitrogen and oxygen atoms in total. The van der Waals surface area contributed by atoms with Crippen LogP contribution in [0, 0.1) is 0 Å². The number of methoxy groups -OCH3 is 1. The van der Waals surface area contributed by atoms with Crippen LogP contribution in [-0.4, -0.2) is 57.8 Å². The van der Waals surface area contributed by atoms with Crippen molar-refractivity contribution >= 4 is 12.0 Å². The maximum absolute atomic E-state index is 12.0. The summed E-state index contributed by atoms with van der Waals surface area (Å²) < 4.78 is 5.13. The van der Waals surface area contributed by atoms with Crippen molar-refractivity contribution in [2.24, 2.45) is 0 Å². The molecule has 2 amide bonds. The Bertz CT molecular complexity index is 482. The topological polar surface area (TPSA) is 105 Å². The summed E-state index contributed by atoms with van der Waals surface area (Å²) in [4.78, 5) is 32.2. The molecule has 0 aliphatic carbocycles. The number of aromatic nitrogens is 2. The second-order valence-corrected chi connectivity index (χ2v) is 4.46. The van der Waals surface area contributed by atoms with Gasteiger partial charge in [-0.3, -0.25) is 0 Å². The number of ether oxygens (including phenoxy) is 1. The molecule has 0 radical (unpaired) electrons. The predicted molar refractivity (Wildman–Crippen MR) is 67.8 cm³/mol. The molecule has 0 saturated carbocycles. The van der Waals surface area contributed by atoms with Gasteiger partial charge in [0.15, 0.2) is 0 Å². The molecule has 2 heterocycles. The number of amides is 2. The third-order valence-electron chi connectivity index (χ3n) is 3.21. The normalized spacial score (nSPS) is 21.8. The van der Waals surface area contributed by atoms with Gasteiger partial charge >= 0.3 is 12.0 Å². The van der Waals surface area contributed by atoms with Gasteiger partial charge in [-0.05, 0) is 6.07 Å². The highest BCUT2D eigenvalue weighted by atomic mass is 16.5. The van der Waals surface area contributed by atoms with Gasteiger partial charge in [-0.1, -0.05) is 0 Å². The Morgan fingerprint density at radius 2 is 2.40 bits per heavy atom. The standard InChI is InChI=1S/C12H16N4O4/c1-20-9-4-10(11(17)18)16(6-9)12(19)14-5-8-2-3-13-7-15-8/h2-3,7,9-10H,4-6H2,1H3,(H,14,19)(H,17,18). The number of likely N-dealkylation sites (tertiary alicyclic amines) is 1. The van der Waals surface area contributed by atoms with Crippen LogP contribution in [0.15, 0.2) is 18.6 Å². The molecule has 2 N–H and O–H groups in total. The van der Waals surface area contributed by atoms with Gasteiger partial charge in [-0.2, -0.15) is 0 Å². The van der Waals surface area contributed by atoms with Crippen molar-refractivity contribution in [2.75, 3.05) is 13.7 Å². The van der Waals surface area contributed by atoms with E-state index in [2.05, 4.69) is 15.3 Å². The zero-order chi connectivity index (χ0) is 14.5. The van der Waals surface area contributed by atoms with Crippen LogP contribution in [0.2, 0.25) is 0 Å². The first kappa shape index (κ1) is 14.2. The Hall–Kier alpha value is -2.22. The molecule has 2 atom stereocenters. The average molecular weight is 280 g/mol. The molecule has 1 aliphatic rings. The van der Waals surface area contributed by atoms with Gasteiger partial charge in [0.1, 0.15) is 12.4 Å². The average Bonchev–Trinajstić information content (AvgIpc) is 2.90. The van der Waals surface area contributed by atoms with Gasteiger partial charge in [0.25, 0.3) is 0 Å². The minimum atomic E-state index is -1.03. The van der Waals surface area contributed by atoms with E-state index in [9.17, 15) is 9.59 Å². The highest BCUT2D eigenvalue weighted by Crippen LogP contribution is 2.20. The number of carbonyl (C=O) groups is 2. The van der Waals surface area contributed by atoms with Gasteiger partial charge in [-0.15, -0.1) is 0 Å². The van der Waals surface area contributed by atoms with Gasteiger partial charge in [-0.25, -0.2) is 19.6 Å². The quantitative estimate of drug-likeness (QED) is 0.795. The van der Waals surface area contributed by atoms with Crippen LogP contribution in [-0.2, 0) is 16.1 Å². The number of hydrogen-bond donors (Lipinski definition) is 2. The van der Waals surface area contributed by atoms with Gasteiger partial charge in [0, 0.05) is 26.3 Å². The first-order valence-electron chi connectivity index (χ1n) is 6.16. The van der Waals surface area contributed by atoms with E-state index < -0.39 is 18.0 Å². The van der Waals surface area contributed by atoms with E-state index >= 15 is 0 Å². The number of carboxylic acid groups (broad SMARTS) is 1. The third kappa shape index (κ3) is 3.21. The minimum absolute atomic E-state index is 0.224. The number of nitrogens with one attached hydrogen (secondary N) is 1. The third-order valence-corrected chi connectivity index (χ3v) is 3.21. The Labute approximate surface area is 115 Å². The lowest BCUT2D eigenvalue weighted by atomic mass is 10.2. The lowest BCUT2D eigenvalue weighted by Crippen LogP contribution is -2.46. The van der Waals surface area contributed by atoms with E-state index in [1.807, 2.05) is 0 Å². The number of carboxylic acids is 1. The highest BCUT2D eigenvalue weighted by Gasteiger charge is 2.39. The highest BCUT2D eigenvalue weighted by molar-refractivity contribution is 5.83. The molecule has 1 fully saturated rings. The Morgan fingerprint density at radius 1 is 1.60 bits per heavy atom. The van der Waals surface area contributed by atoms with Crippen LogP contribution in [0.25, 0.3) is 0 Å². The summed E-state index contributed by atoms with van der Waals surface area (Å²) in [5, 5.41) is 11.8. The van der Waals surface area contributed by atoms with E-state index in [4.69, 9.17) is 9.84 Å². The molecule has 8 heteroatoms. The van der Waals surface area contributed by atoms with Crippen molar-refractivity contribution in [2.45, 2.75) is 25.1 Å². The Balaban J connectivity index is 1.95. The molecule has 20 heavy (non-hydrogen) atoms. The number of carbonyl (C=O) groups excluding carboxylic acids is 1. The minimum Gasteiger partial charge on any atom is -0.480 e. The van der Waals surface area contributed by atoms with Crippen LogP contribution in [0.5, 0.6) is 0 Å². The fourth-order valence-electron chi connectivity index (χ4n) is 2.12. The van der Waals surface area contributed by atoms with Crippen LogP contribution in [0.3, 0.4) is 0 Å². The van der Waals surface area contributed by atoms with Crippen molar-refractivity contribution in [1.82, 2.24) is 20.2 Å². The van der Waals surface area contributed by atoms with Crippen molar-refractivity contribution < 1.29 is 19.4 Å². The summed E-state index contributed by atoms with van der Waals surface area (Å²) in [7, 11) is 1.51. The molecule has 2 rings (SSSR count). The van der Waals surface area contributed by atoms with Crippen LogP contribution in [0.1, 0.15) is 12.1 Å². The van der Waals surface area contributed by atoms with Crippen molar-refractivity contribution in [1.29, 1.82) is 0 Å². The summed E-state index contributed by atoms with van der Waals surface area (Å²) in [6.07, 6.45) is 3.01. The molecule has 0 aromatic carbocycles. The van der Waals surface area contributed by atoms with E-state index in [1.165, 1.54) is 18.3 Å². The van der Waals surface area contributed by atoms with E-state index in [-0.39, 0.29) is 19.2 Å². The van der Waals surface area contributed by atoms with E-state index in [0.717, 1.165) is 0 Å². The summed E-state index contributed by atoms with van der Waals surface area (Å²) in [5.41, 5.74) is 0.655. The lowest BCUT2D eigenvalue weighted by Gasteiger charge is -2.21. The number of nitrogens with zero attached hydrogens (tertiary/aromatic N) is 3. The smallest absolute Gasteiger partial charge is 0.326 e. The second-order valence-electron chi connectivity index (χ2n) is 4.46. The summed E-state index contributed by atoms with van der Waals surface area (Å²) >= 11 is 0. The first-order chi connectivity index (χ1) is 9.61. The molecule has 2 unspecified atom stereocenters. The Morgan fingerprint density at radius 3 is 3.00 bits per heavy atom. The largest absolute Gasteiger partial charge is 0.480 e. The van der Waals surface area contributed by atoms with Gasteiger partial charge in [0.2, 0.25) is 0 Å². The summed E-state index contributed by atoms with van der Waals surface area (Å²) in [6.45, 7) is 0.491. The number of rotatable bonds is 4. The predicted octanol–water partition coefficient (Wildman–Crippen LogP) is -0.140. The van der Waals surface area contributed by atoms with E-state index in [1.54, 1.807) is 12.3 Å². The fraction of sp³-hybridized carbons (Fsp3) is 0.500. The fourth-order valence-corrected chi connectivity index (χ4v) is 2.12. The number of urea groups is 1. The number of hydrogen-bond acceptors (Lipinski definition) is 5.